The van der Waals surface area contributed by atoms with Crippen molar-refractivity contribution in [3.05, 3.63) is 76.9 Å². The van der Waals surface area contributed by atoms with Crippen LogP contribution in [-0.4, -0.2) is 19.7 Å². The molecule has 5 heteroatoms. The second-order valence-corrected chi connectivity index (χ2v) is 6.81. The molecule has 3 aromatic carbocycles. The first kappa shape index (κ1) is 21.3. The molecular weight excluding hydrogens is 386 g/mol. The van der Waals surface area contributed by atoms with E-state index in [1.807, 2.05) is 12.1 Å². The summed E-state index contributed by atoms with van der Waals surface area (Å²) in [6, 6.07) is 13.4. The molecule has 0 bridgehead atoms. The van der Waals surface area contributed by atoms with Crippen molar-refractivity contribution in [2.24, 2.45) is 0 Å². The highest BCUT2D eigenvalue weighted by Crippen LogP contribution is 2.23. The van der Waals surface area contributed by atoms with E-state index in [2.05, 4.69) is 18.8 Å². The van der Waals surface area contributed by atoms with Crippen molar-refractivity contribution in [1.29, 1.82) is 0 Å². The van der Waals surface area contributed by atoms with Crippen LogP contribution in [0.5, 0.6) is 5.75 Å². The normalized spacial score (nSPS) is 10.4. The van der Waals surface area contributed by atoms with Crippen LogP contribution in [0.2, 0.25) is 0 Å². The Labute approximate surface area is 174 Å². The predicted octanol–water partition coefficient (Wildman–Crippen LogP) is 5.87. The number of fused-ring (bicyclic) bond motifs is 1. The van der Waals surface area contributed by atoms with Crippen LogP contribution in [0.1, 0.15) is 47.7 Å². The topological polar surface area (TPSA) is 35.5 Å². The molecule has 0 fully saturated rings. The van der Waals surface area contributed by atoms with Crippen LogP contribution in [0.3, 0.4) is 0 Å². The second kappa shape index (κ2) is 9.89. The van der Waals surface area contributed by atoms with E-state index in [0.717, 1.165) is 30.0 Å². The fraction of sp³-hybridized carbons (Fsp3) is 0.240. The van der Waals surface area contributed by atoms with E-state index in [-0.39, 0.29) is 11.3 Å². The minimum atomic E-state index is -1.02. The highest BCUT2D eigenvalue weighted by atomic mass is 19.2. The average Bonchev–Trinajstić information content (AvgIpc) is 2.77. The molecule has 0 aliphatic carbocycles. The Bertz CT molecular complexity index is 1130. The van der Waals surface area contributed by atoms with Crippen molar-refractivity contribution in [2.45, 2.75) is 26.2 Å². The molecule has 0 aromatic heterocycles. The molecule has 3 nitrogen and oxygen atoms in total. The van der Waals surface area contributed by atoms with Gasteiger partial charge in [0.2, 0.25) is 5.82 Å². The third-order valence-corrected chi connectivity index (χ3v) is 4.66. The summed E-state index contributed by atoms with van der Waals surface area (Å²) in [5, 5.41) is 1.72. The third-order valence-electron chi connectivity index (χ3n) is 4.66. The van der Waals surface area contributed by atoms with Crippen LogP contribution in [-0.2, 0) is 4.74 Å². The number of benzene rings is 3. The van der Waals surface area contributed by atoms with Crippen molar-refractivity contribution >= 4 is 16.7 Å². The van der Waals surface area contributed by atoms with Crippen LogP contribution < -0.4 is 4.74 Å². The van der Waals surface area contributed by atoms with Gasteiger partial charge < -0.3 is 9.47 Å². The van der Waals surface area contributed by atoms with Gasteiger partial charge in [0.05, 0.1) is 24.8 Å². The van der Waals surface area contributed by atoms with Gasteiger partial charge in [-0.25, -0.2) is 9.18 Å². The fourth-order valence-corrected chi connectivity index (χ4v) is 2.98. The number of halogens is 2. The van der Waals surface area contributed by atoms with E-state index in [9.17, 15) is 13.6 Å². The van der Waals surface area contributed by atoms with Gasteiger partial charge in [0.1, 0.15) is 0 Å². The first-order valence-electron chi connectivity index (χ1n) is 9.78. The van der Waals surface area contributed by atoms with Crippen LogP contribution in [0, 0.1) is 23.5 Å². The Morgan fingerprint density at radius 2 is 1.70 bits per heavy atom. The molecule has 0 N–H and O–H groups in total. The lowest BCUT2D eigenvalue weighted by molar-refractivity contribution is 0.0601. The Morgan fingerprint density at radius 3 is 2.47 bits per heavy atom. The molecule has 0 atom stereocenters. The first-order chi connectivity index (χ1) is 14.5. The molecule has 0 amide bonds. The number of carbonyl (C=O) groups is 1. The molecule has 0 aliphatic rings. The van der Waals surface area contributed by atoms with Crippen molar-refractivity contribution < 1.29 is 23.0 Å². The molecule has 30 heavy (non-hydrogen) atoms. The van der Waals surface area contributed by atoms with E-state index in [1.54, 1.807) is 24.3 Å². The molecule has 0 aliphatic heterocycles. The van der Waals surface area contributed by atoms with Gasteiger partial charge in [0, 0.05) is 5.56 Å². The maximum absolute atomic E-state index is 14.3. The quantitative estimate of drug-likeness (QED) is 0.291. The van der Waals surface area contributed by atoms with E-state index in [4.69, 9.17) is 9.47 Å². The Balaban J connectivity index is 1.80. The van der Waals surface area contributed by atoms with Gasteiger partial charge in [0.15, 0.2) is 11.6 Å². The molecule has 0 heterocycles. The molecule has 0 saturated heterocycles. The number of methoxy groups -OCH3 is 1. The summed E-state index contributed by atoms with van der Waals surface area (Å²) >= 11 is 0. The molecule has 0 unspecified atom stereocenters. The van der Waals surface area contributed by atoms with E-state index in [0.29, 0.717) is 17.7 Å². The lowest BCUT2D eigenvalue weighted by Gasteiger charge is -2.08. The summed E-state index contributed by atoms with van der Waals surface area (Å²) in [5.41, 5.74) is 1.07. The number of esters is 1. The van der Waals surface area contributed by atoms with Gasteiger partial charge >= 0.3 is 5.97 Å². The van der Waals surface area contributed by atoms with Gasteiger partial charge in [-0.2, -0.15) is 4.39 Å². The summed E-state index contributed by atoms with van der Waals surface area (Å²) in [6.45, 7) is 2.41. The largest absolute Gasteiger partial charge is 0.490 e. The van der Waals surface area contributed by atoms with Crippen LogP contribution in [0.15, 0.2) is 48.5 Å². The number of unbranched alkanes of at least 4 members (excludes halogenated alkanes) is 2. The summed E-state index contributed by atoms with van der Waals surface area (Å²) in [6.07, 6.45) is 2.79. The van der Waals surface area contributed by atoms with Gasteiger partial charge in [-0.05, 0) is 53.6 Å². The molecule has 154 valence electrons. The number of rotatable bonds is 6. The molecule has 0 radical (unpaired) electrons. The highest BCUT2D eigenvalue weighted by Gasteiger charge is 2.13. The standard InChI is InChI=1S/C25H22F2O3/c1-3-4-5-14-30-22-13-12-18(23(26)24(22)27)8-6-17-7-9-20-16-21(25(28)29-2)11-10-19(20)15-17/h7,9-13,15-16H,3-5,14H2,1-2H3. The SMILES string of the molecule is CCCCCOc1ccc(C#Cc2ccc3cc(C(=O)OC)ccc3c2)c(F)c1F. The lowest BCUT2D eigenvalue weighted by atomic mass is 10.0. The molecule has 0 spiro atoms. The van der Waals surface area contributed by atoms with Crippen LogP contribution in [0.4, 0.5) is 8.78 Å². The summed E-state index contributed by atoms with van der Waals surface area (Å²) in [4.78, 5) is 11.6. The summed E-state index contributed by atoms with van der Waals surface area (Å²) in [5.74, 6) is 3.00. The van der Waals surface area contributed by atoms with E-state index >= 15 is 0 Å². The molecule has 3 aromatic rings. The Morgan fingerprint density at radius 1 is 0.933 bits per heavy atom. The Kier molecular flexibility index (Phi) is 7.03. The van der Waals surface area contributed by atoms with Crippen molar-refractivity contribution in [3.8, 4) is 17.6 Å². The minimum absolute atomic E-state index is 0.0328. The number of ether oxygens (including phenoxy) is 2. The monoisotopic (exact) mass is 408 g/mol. The third kappa shape index (κ3) is 4.96. The van der Waals surface area contributed by atoms with Gasteiger partial charge in [-0.15, -0.1) is 0 Å². The molecule has 0 saturated carbocycles. The second-order valence-electron chi connectivity index (χ2n) is 6.81. The predicted molar refractivity (Wildman–Crippen MR) is 113 cm³/mol. The summed E-state index contributed by atoms with van der Waals surface area (Å²) in [7, 11) is 1.33. The maximum Gasteiger partial charge on any atom is 0.337 e. The Hall–Kier alpha value is -3.39. The van der Waals surface area contributed by atoms with E-state index in [1.165, 1.54) is 19.2 Å². The van der Waals surface area contributed by atoms with Crippen LogP contribution in [0.25, 0.3) is 10.8 Å². The lowest BCUT2D eigenvalue weighted by Crippen LogP contribution is -2.01. The number of hydrogen-bond donors (Lipinski definition) is 0. The summed E-state index contributed by atoms with van der Waals surface area (Å²) < 4.78 is 38.6. The van der Waals surface area contributed by atoms with Crippen molar-refractivity contribution in [1.82, 2.24) is 0 Å². The smallest absolute Gasteiger partial charge is 0.337 e. The fourth-order valence-electron chi connectivity index (χ4n) is 2.98. The molecule has 3 rings (SSSR count). The van der Waals surface area contributed by atoms with E-state index < -0.39 is 17.6 Å². The number of carbonyl (C=O) groups excluding carboxylic acids is 1. The number of hydrogen-bond acceptors (Lipinski definition) is 3. The molecular formula is C25H22F2O3. The van der Waals surface area contributed by atoms with Crippen molar-refractivity contribution in [2.75, 3.05) is 13.7 Å². The van der Waals surface area contributed by atoms with Gasteiger partial charge in [-0.3, -0.25) is 0 Å². The minimum Gasteiger partial charge on any atom is -0.490 e. The first-order valence-corrected chi connectivity index (χ1v) is 9.78. The van der Waals surface area contributed by atoms with Gasteiger partial charge in [-0.1, -0.05) is 43.7 Å². The zero-order chi connectivity index (χ0) is 21.5. The zero-order valence-corrected chi connectivity index (χ0v) is 16.9. The average molecular weight is 408 g/mol. The van der Waals surface area contributed by atoms with Crippen LogP contribution >= 0.6 is 0 Å². The zero-order valence-electron chi connectivity index (χ0n) is 16.9. The highest BCUT2D eigenvalue weighted by molar-refractivity contribution is 5.95. The van der Waals surface area contributed by atoms with Gasteiger partial charge in [0.25, 0.3) is 0 Å². The van der Waals surface area contributed by atoms with Crippen molar-refractivity contribution in [3.63, 3.8) is 0 Å². The maximum atomic E-state index is 14.3.